The third-order valence-corrected chi connectivity index (χ3v) is 5.32. The quantitative estimate of drug-likeness (QED) is 0.901. The second-order valence-electron chi connectivity index (χ2n) is 4.20. The van der Waals surface area contributed by atoms with Crippen LogP contribution >= 0.6 is 11.3 Å². The molecule has 7 heteroatoms. The van der Waals surface area contributed by atoms with Crippen molar-refractivity contribution in [3.63, 3.8) is 0 Å². The van der Waals surface area contributed by atoms with Gasteiger partial charge in [0, 0.05) is 16.3 Å². The lowest BCUT2D eigenvalue weighted by molar-refractivity contribution is -0.0846. The summed E-state index contributed by atoms with van der Waals surface area (Å²) in [5.74, 6) is 0. The molecule has 2 heterocycles. The van der Waals surface area contributed by atoms with Crippen molar-refractivity contribution < 1.29 is 17.9 Å². The van der Waals surface area contributed by atoms with Crippen LogP contribution in [0.5, 0.6) is 0 Å². The maximum atomic E-state index is 12.1. The van der Waals surface area contributed by atoms with Crippen LogP contribution in [0.25, 0.3) is 0 Å². The molecule has 5 nitrogen and oxygen atoms in total. The van der Waals surface area contributed by atoms with Gasteiger partial charge < -0.3 is 9.47 Å². The normalized spacial score (nSPS) is 21.1. The molecule has 0 bridgehead atoms. The van der Waals surface area contributed by atoms with Gasteiger partial charge in [0.2, 0.25) is 10.0 Å². The molecule has 1 aromatic heterocycles. The number of hydrogen-bond acceptors (Lipinski definition) is 5. The molecule has 0 radical (unpaired) electrons. The molecule has 2 rings (SSSR count). The van der Waals surface area contributed by atoms with Crippen molar-refractivity contribution in [3.05, 3.63) is 15.8 Å². The second kappa shape index (κ2) is 5.66. The molecular formula is C11H17NO4S2. The Morgan fingerprint density at radius 1 is 1.44 bits per heavy atom. The van der Waals surface area contributed by atoms with Gasteiger partial charge in [-0.2, -0.15) is 0 Å². The van der Waals surface area contributed by atoms with E-state index in [4.69, 9.17) is 9.47 Å². The maximum absolute atomic E-state index is 12.1. The van der Waals surface area contributed by atoms with E-state index in [2.05, 4.69) is 4.72 Å². The molecule has 1 aliphatic rings. The number of ether oxygens (including phenoxy) is 2. The van der Waals surface area contributed by atoms with Gasteiger partial charge in [-0.15, -0.1) is 11.3 Å². The number of thiophene rings is 1. The lowest BCUT2D eigenvalue weighted by Gasteiger charge is -2.23. The molecular weight excluding hydrogens is 274 g/mol. The maximum Gasteiger partial charge on any atom is 0.241 e. The fraction of sp³-hybridized carbons (Fsp3) is 0.636. The SMILES string of the molecule is Cc1cc(S(=O)(=O)NCC2COCCO2)c(C)s1. The van der Waals surface area contributed by atoms with E-state index in [1.807, 2.05) is 13.8 Å². The zero-order valence-corrected chi connectivity index (χ0v) is 12.1. The molecule has 102 valence electrons. The first-order valence-electron chi connectivity index (χ1n) is 5.75. The molecule has 1 N–H and O–H groups in total. The first kappa shape index (κ1) is 14.0. The Morgan fingerprint density at radius 3 is 2.78 bits per heavy atom. The number of sulfonamides is 1. The van der Waals surface area contributed by atoms with E-state index in [9.17, 15) is 8.42 Å². The summed E-state index contributed by atoms with van der Waals surface area (Å²) in [7, 11) is -3.44. The smallest absolute Gasteiger partial charge is 0.241 e. The molecule has 1 saturated heterocycles. The summed E-state index contributed by atoms with van der Waals surface area (Å²) in [4.78, 5) is 2.16. The van der Waals surface area contributed by atoms with E-state index < -0.39 is 10.0 Å². The van der Waals surface area contributed by atoms with E-state index in [1.165, 1.54) is 11.3 Å². The van der Waals surface area contributed by atoms with Gasteiger partial charge in [0.25, 0.3) is 0 Å². The van der Waals surface area contributed by atoms with Crippen LogP contribution in [0, 0.1) is 13.8 Å². The minimum Gasteiger partial charge on any atom is -0.376 e. The van der Waals surface area contributed by atoms with Gasteiger partial charge >= 0.3 is 0 Å². The molecule has 1 unspecified atom stereocenters. The van der Waals surface area contributed by atoms with E-state index in [1.54, 1.807) is 6.07 Å². The highest BCUT2D eigenvalue weighted by molar-refractivity contribution is 7.89. The lowest BCUT2D eigenvalue weighted by Crippen LogP contribution is -2.39. The van der Waals surface area contributed by atoms with Crippen molar-refractivity contribution in [1.82, 2.24) is 4.72 Å². The number of nitrogens with one attached hydrogen (secondary N) is 1. The highest BCUT2D eigenvalue weighted by Crippen LogP contribution is 2.24. The van der Waals surface area contributed by atoms with Gasteiger partial charge in [-0.1, -0.05) is 0 Å². The molecule has 1 fully saturated rings. The minimum absolute atomic E-state index is 0.200. The van der Waals surface area contributed by atoms with E-state index >= 15 is 0 Å². The largest absolute Gasteiger partial charge is 0.376 e. The van der Waals surface area contributed by atoms with Crippen molar-refractivity contribution in [2.45, 2.75) is 24.8 Å². The van der Waals surface area contributed by atoms with Crippen LogP contribution in [0.1, 0.15) is 9.75 Å². The molecule has 0 saturated carbocycles. The summed E-state index contributed by atoms with van der Waals surface area (Å²) in [6, 6.07) is 1.70. The van der Waals surface area contributed by atoms with E-state index in [0.29, 0.717) is 24.7 Å². The summed E-state index contributed by atoms with van der Waals surface area (Å²) < 4.78 is 37.4. The minimum atomic E-state index is -3.44. The second-order valence-corrected chi connectivity index (χ2v) is 7.39. The standard InChI is InChI=1S/C11H17NO4S2/c1-8-5-11(9(2)17-8)18(13,14)12-6-10-7-15-3-4-16-10/h5,10,12H,3-4,6-7H2,1-2H3. The van der Waals surface area contributed by atoms with Crippen LogP contribution in [-0.2, 0) is 19.5 Å². The Labute approximate surface area is 111 Å². The van der Waals surface area contributed by atoms with Gasteiger partial charge in [-0.05, 0) is 19.9 Å². The zero-order chi connectivity index (χ0) is 13.2. The Kier molecular flexibility index (Phi) is 4.39. The van der Waals surface area contributed by atoms with Gasteiger partial charge in [0.1, 0.15) is 0 Å². The van der Waals surface area contributed by atoms with Crippen molar-refractivity contribution >= 4 is 21.4 Å². The molecule has 1 aromatic rings. The van der Waals surface area contributed by atoms with Crippen LogP contribution in [0.2, 0.25) is 0 Å². The Balaban J connectivity index is 2.01. The molecule has 0 amide bonds. The number of rotatable bonds is 4. The first-order chi connectivity index (χ1) is 8.49. The molecule has 0 aliphatic carbocycles. The first-order valence-corrected chi connectivity index (χ1v) is 8.05. The predicted octanol–water partition coefficient (Wildman–Crippen LogP) is 1.06. The summed E-state index contributed by atoms with van der Waals surface area (Å²) in [5.41, 5.74) is 0. The molecule has 1 aliphatic heterocycles. The predicted molar refractivity (Wildman–Crippen MR) is 69.5 cm³/mol. The summed E-state index contributed by atoms with van der Waals surface area (Å²) in [5, 5.41) is 0. The molecule has 1 atom stereocenters. The zero-order valence-electron chi connectivity index (χ0n) is 10.4. The van der Waals surface area contributed by atoms with Crippen molar-refractivity contribution in [3.8, 4) is 0 Å². The highest BCUT2D eigenvalue weighted by atomic mass is 32.2. The lowest BCUT2D eigenvalue weighted by atomic mass is 10.3. The van der Waals surface area contributed by atoms with Crippen molar-refractivity contribution in [2.24, 2.45) is 0 Å². The van der Waals surface area contributed by atoms with Crippen molar-refractivity contribution in [2.75, 3.05) is 26.4 Å². The summed E-state index contributed by atoms with van der Waals surface area (Å²) in [6.45, 7) is 5.48. The van der Waals surface area contributed by atoms with Crippen LogP contribution in [0.15, 0.2) is 11.0 Å². The van der Waals surface area contributed by atoms with Crippen LogP contribution < -0.4 is 4.72 Å². The Bertz CT molecular complexity index is 503. The summed E-state index contributed by atoms with van der Waals surface area (Å²) in [6.07, 6.45) is -0.200. The molecule has 0 spiro atoms. The van der Waals surface area contributed by atoms with Gasteiger partial charge in [0.15, 0.2) is 0 Å². The molecule has 18 heavy (non-hydrogen) atoms. The third kappa shape index (κ3) is 3.30. The fourth-order valence-corrected chi connectivity index (χ4v) is 4.43. The highest BCUT2D eigenvalue weighted by Gasteiger charge is 2.22. The average molecular weight is 291 g/mol. The monoisotopic (exact) mass is 291 g/mol. The fourth-order valence-electron chi connectivity index (χ4n) is 1.81. The van der Waals surface area contributed by atoms with E-state index in [0.717, 1.165) is 9.75 Å². The Morgan fingerprint density at radius 2 is 2.22 bits per heavy atom. The van der Waals surface area contributed by atoms with Gasteiger partial charge in [-0.25, -0.2) is 13.1 Å². The van der Waals surface area contributed by atoms with Crippen LogP contribution in [0.3, 0.4) is 0 Å². The average Bonchev–Trinajstić information content (AvgIpc) is 2.68. The van der Waals surface area contributed by atoms with Crippen molar-refractivity contribution in [1.29, 1.82) is 0 Å². The van der Waals surface area contributed by atoms with E-state index in [-0.39, 0.29) is 12.6 Å². The van der Waals surface area contributed by atoms with Gasteiger partial charge in [-0.3, -0.25) is 0 Å². The Hall–Kier alpha value is -0.470. The third-order valence-electron chi connectivity index (χ3n) is 2.67. The summed E-state index contributed by atoms with van der Waals surface area (Å²) >= 11 is 1.48. The number of aryl methyl sites for hydroxylation is 2. The van der Waals surface area contributed by atoms with Crippen LogP contribution in [0.4, 0.5) is 0 Å². The topological polar surface area (TPSA) is 64.6 Å². The van der Waals surface area contributed by atoms with Crippen LogP contribution in [-0.4, -0.2) is 40.9 Å². The van der Waals surface area contributed by atoms with Gasteiger partial charge in [0.05, 0.1) is 30.8 Å². The number of hydrogen-bond donors (Lipinski definition) is 1. The molecule has 0 aromatic carbocycles.